The van der Waals surface area contributed by atoms with E-state index in [-0.39, 0.29) is 12.0 Å². The van der Waals surface area contributed by atoms with Gasteiger partial charge in [-0.2, -0.15) is 0 Å². The van der Waals surface area contributed by atoms with Gasteiger partial charge in [0, 0.05) is 37.6 Å². The third-order valence-electron chi connectivity index (χ3n) is 6.75. The maximum absolute atomic E-state index is 12.8. The Kier molecular flexibility index (Phi) is 5.58. The highest BCUT2D eigenvalue weighted by Crippen LogP contribution is 2.43. The largest absolute Gasteiger partial charge is 0.494 e. The van der Waals surface area contributed by atoms with Gasteiger partial charge in [0.15, 0.2) is 5.82 Å². The van der Waals surface area contributed by atoms with Crippen LogP contribution in [0.1, 0.15) is 19.3 Å². The van der Waals surface area contributed by atoms with Crippen LogP contribution in [0.25, 0.3) is 22.3 Å². The molecule has 0 bridgehead atoms. The number of alkyl halides is 2. The molecule has 3 aromatic heterocycles. The van der Waals surface area contributed by atoms with Crippen LogP contribution in [-0.2, 0) is 0 Å². The SMILES string of the molecule is COc1cncc2nc(-c3ccncc3)nc(N3CCC4(CCN(CC(F)F)C4)CC3)c12. The lowest BCUT2D eigenvalue weighted by Crippen LogP contribution is -2.42. The van der Waals surface area contributed by atoms with Gasteiger partial charge in [-0.1, -0.05) is 0 Å². The molecule has 2 aliphatic rings. The molecule has 3 aromatic rings. The normalized spacial score (nSPS) is 18.7. The van der Waals surface area contributed by atoms with Gasteiger partial charge in [0.25, 0.3) is 6.43 Å². The molecule has 2 fully saturated rings. The molecule has 0 N–H and O–H groups in total. The Labute approximate surface area is 185 Å². The lowest BCUT2D eigenvalue weighted by molar-refractivity contribution is 0.0906. The molecule has 9 heteroatoms. The molecule has 0 aliphatic carbocycles. The first kappa shape index (κ1) is 20.9. The molecule has 0 unspecified atom stereocenters. The van der Waals surface area contributed by atoms with E-state index in [1.165, 1.54) is 0 Å². The molecule has 7 nitrogen and oxygen atoms in total. The summed E-state index contributed by atoms with van der Waals surface area (Å²) in [6.45, 7) is 3.02. The Bertz CT molecular complexity index is 1090. The van der Waals surface area contributed by atoms with Gasteiger partial charge in [0.05, 0.1) is 37.0 Å². The van der Waals surface area contributed by atoms with Crippen molar-refractivity contribution in [2.24, 2.45) is 5.41 Å². The van der Waals surface area contributed by atoms with Crippen molar-refractivity contribution in [3.8, 4) is 17.1 Å². The van der Waals surface area contributed by atoms with Crippen LogP contribution < -0.4 is 9.64 Å². The van der Waals surface area contributed by atoms with Gasteiger partial charge >= 0.3 is 0 Å². The van der Waals surface area contributed by atoms with Crippen molar-refractivity contribution in [2.75, 3.05) is 44.7 Å². The number of hydrogen-bond donors (Lipinski definition) is 0. The number of anilines is 1. The van der Waals surface area contributed by atoms with Crippen LogP contribution in [0.15, 0.2) is 36.9 Å². The van der Waals surface area contributed by atoms with Crippen LogP contribution in [0.4, 0.5) is 14.6 Å². The Hall–Kier alpha value is -2.94. The molecule has 5 rings (SSSR count). The van der Waals surface area contributed by atoms with Gasteiger partial charge in [-0.05, 0) is 43.4 Å². The number of methoxy groups -OCH3 is 1. The predicted molar refractivity (Wildman–Crippen MR) is 118 cm³/mol. The van der Waals surface area contributed by atoms with Crippen molar-refractivity contribution in [3.63, 3.8) is 0 Å². The second-order valence-electron chi connectivity index (χ2n) is 8.71. The Morgan fingerprint density at radius 1 is 1.03 bits per heavy atom. The fourth-order valence-electron chi connectivity index (χ4n) is 5.03. The minimum Gasteiger partial charge on any atom is -0.494 e. The number of nitrogens with zero attached hydrogens (tertiary/aromatic N) is 6. The molecule has 32 heavy (non-hydrogen) atoms. The fourth-order valence-corrected chi connectivity index (χ4v) is 5.03. The van der Waals surface area contributed by atoms with Crippen molar-refractivity contribution < 1.29 is 13.5 Å². The smallest absolute Gasteiger partial charge is 0.251 e. The zero-order valence-corrected chi connectivity index (χ0v) is 18.0. The highest BCUT2D eigenvalue weighted by Gasteiger charge is 2.41. The molecule has 1 spiro atoms. The molecule has 2 aliphatic heterocycles. The van der Waals surface area contributed by atoms with Crippen molar-refractivity contribution in [1.82, 2.24) is 24.8 Å². The first-order valence-corrected chi connectivity index (χ1v) is 10.9. The number of halogens is 2. The van der Waals surface area contributed by atoms with E-state index in [2.05, 4.69) is 14.9 Å². The molecule has 0 aromatic carbocycles. The number of fused-ring (bicyclic) bond motifs is 1. The second-order valence-corrected chi connectivity index (χ2v) is 8.71. The maximum Gasteiger partial charge on any atom is 0.251 e. The summed E-state index contributed by atoms with van der Waals surface area (Å²) in [4.78, 5) is 22.2. The molecule has 168 valence electrons. The van der Waals surface area contributed by atoms with E-state index in [0.717, 1.165) is 67.7 Å². The molecule has 0 amide bonds. The molecule has 0 saturated carbocycles. The van der Waals surface area contributed by atoms with Crippen LogP contribution in [0, 0.1) is 5.41 Å². The van der Waals surface area contributed by atoms with E-state index in [1.54, 1.807) is 31.9 Å². The highest BCUT2D eigenvalue weighted by molar-refractivity contribution is 5.95. The van der Waals surface area contributed by atoms with Crippen LogP contribution in [-0.4, -0.2) is 71.1 Å². The third-order valence-corrected chi connectivity index (χ3v) is 6.75. The topological polar surface area (TPSA) is 67.3 Å². The summed E-state index contributed by atoms with van der Waals surface area (Å²) in [5.74, 6) is 2.09. The van der Waals surface area contributed by atoms with Crippen molar-refractivity contribution in [1.29, 1.82) is 0 Å². The van der Waals surface area contributed by atoms with E-state index in [0.29, 0.717) is 11.6 Å². The summed E-state index contributed by atoms with van der Waals surface area (Å²) in [5.41, 5.74) is 1.73. The number of ether oxygens (including phenoxy) is 1. The molecular weight excluding hydrogens is 414 g/mol. The Morgan fingerprint density at radius 3 is 2.50 bits per heavy atom. The summed E-state index contributed by atoms with van der Waals surface area (Å²) >= 11 is 0. The van der Waals surface area contributed by atoms with Crippen molar-refractivity contribution >= 4 is 16.7 Å². The maximum atomic E-state index is 12.8. The van der Waals surface area contributed by atoms with E-state index in [9.17, 15) is 8.78 Å². The number of aromatic nitrogens is 4. The summed E-state index contributed by atoms with van der Waals surface area (Å²) < 4.78 is 31.3. The second kappa shape index (κ2) is 8.54. The summed E-state index contributed by atoms with van der Waals surface area (Å²) in [7, 11) is 1.62. The van der Waals surface area contributed by atoms with E-state index in [1.807, 2.05) is 17.0 Å². The van der Waals surface area contributed by atoms with E-state index >= 15 is 0 Å². The summed E-state index contributed by atoms with van der Waals surface area (Å²) in [5, 5.41) is 0.849. The van der Waals surface area contributed by atoms with Gasteiger partial charge in [0.1, 0.15) is 11.6 Å². The number of rotatable bonds is 5. The van der Waals surface area contributed by atoms with E-state index < -0.39 is 6.43 Å². The van der Waals surface area contributed by atoms with Crippen LogP contribution in [0.5, 0.6) is 5.75 Å². The van der Waals surface area contributed by atoms with Gasteiger partial charge in [-0.3, -0.25) is 14.9 Å². The van der Waals surface area contributed by atoms with E-state index in [4.69, 9.17) is 14.7 Å². The Morgan fingerprint density at radius 2 is 1.78 bits per heavy atom. The Balaban J connectivity index is 1.46. The monoisotopic (exact) mass is 440 g/mol. The first-order valence-electron chi connectivity index (χ1n) is 10.9. The van der Waals surface area contributed by atoms with Crippen LogP contribution in [0.2, 0.25) is 0 Å². The summed E-state index contributed by atoms with van der Waals surface area (Å²) in [6, 6.07) is 3.78. The molecule has 2 saturated heterocycles. The zero-order chi connectivity index (χ0) is 22.1. The summed E-state index contributed by atoms with van der Waals surface area (Å²) in [6.07, 6.45) is 7.49. The van der Waals surface area contributed by atoms with Crippen LogP contribution >= 0.6 is 0 Å². The minimum atomic E-state index is -2.27. The first-order chi connectivity index (χ1) is 15.6. The van der Waals surface area contributed by atoms with Crippen molar-refractivity contribution in [3.05, 3.63) is 36.9 Å². The average Bonchev–Trinajstić information content (AvgIpc) is 3.20. The molecule has 0 atom stereocenters. The fraction of sp³-hybridized carbons (Fsp3) is 0.478. The van der Waals surface area contributed by atoms with Gasteiger partial charge < -0.3 is 9.64 Å². The predicted octanol–water partition coefficient (Wildman–Crippen LogP) is 3.65. The highest BCUT2D eigenvalue weighted by atomic mass is 19.3. The number of piperidine rings is 1. The minimum absolute atomic E-state index is 0.119. The van der Waals surface area contributed by atoms with Gasteiger partial charge in [0.2, 0.25) is 0 Å². The van der Waals surface area contributed by atoms with Gasteiger partial charge in [-0.15, -0.1) is 0 Å². The standard InChI is InChI=1S/C23H26F2N6O/c1-32-18-13-27-12-17-20(18)22(29-21(28-17)16-2-7-26-8-3-16)31-10-5-23(6-11-31)4-9-30(15-23)14-19(24)25/h2-3,7-8,12-13,19H,4-6,9-11,14-15H2,1H3. The number of likely N-dealkylation sites (tertiary alicyclic amines) is 1. The van der Waals surface area contributed by atoms with Gasteiger partial charge in [-0.25, -0.2) is 18.7 Å². The number of pyridine rings is 2. The van der Waals surface area contributed by atoms with Crippen LogP contribution in [0.3, 0.4) is 0 Å². The molecule has 0 radical (unpaired) electrons. The zero-order valence-electron chi connectivity index (χ0n) is 18.0. The molecule has 5 heterocycles. The number of hydrogen-bond acceptors (Lipinski definition) is 7. The third kappa shape index (κ3) is 3.97. The lowest BCUT2D eigenvalue weighted by Gasteiger charge is -2.40. The average molecular weight is 440 g/mol. The van der Waals surface area contributed by atoms with Crippen molar-refractivity contribution in [2.45, 2.75) is 25.7 Å². The molecular formula is C23H26F2N6O. The quantitative estimate of drug-likeness (QED) is 0.600. The lowest BCUT2D eigenvalue weighted by atomic mass is 9.77.